The van der Waals surface area contributed by atoms with Crippen LogP contribution in [0.25, 0.3) is 0 Å². The van der Waals surface area contributed by atoms with Crippen LogP contribution in [0.5, 0.6) is 5.75 Å². The van der Waals surface area contributed by atoms with Crippen LogP contribution < -0.4 is 15.0 Å². The molecule has 0 aromatic heterocycles. The van der Waals surface area contributed by atoms with Crippen molar-refractivity contribution >= 4 is 33.3 Å². The Labute approximate surface area is 215 Å². The lowest BCUT2D eigenvalue weighted by atomic mass is 10.1. The molecule has 1 N–H and O–H groups in total. The minimum absolute atomic E-state index is 0.143. The van der Waals surface area contributed by atoms with Crippen LogP contribution in [0.15, 0.2) is 108 Å². The molecule has 0 bridgehead atoms. The van der Waals surface area contributed by atoms with E-state index in [1.165, 1.54) is 17.0 Å². The lowest BCUT2D eigenvalue weighted by molar-refractivity contribution is -0.137. The molecule has 8 heteroatoms. The predicted octanol–water partition coefficient (Wildman–Crippen LogP) is 8.29. The van der Waals surface area contributed by atoms with Crippen LogP contribution in [0.3, 0.4) is 0 Å². The fourth-order valence-corrected chi connectivity index (χ4v) is 3.88. The average molecular weight is 555 g/mol. The monoisotopic (exact) mass is 554 g/mol. The van der Waals surface area contributed by atoms with Crippen LogP contribution in [-0.2, 0) is 19.3 Å². The molecule has 0 radical (unpaired) electrons. The lowest BCUT2D eigenvalue weighted by Gasteiger charge is -2.24. The number of ether oxygens (including phenoxy) is 1. The Kier molecular flexibility index (Phi) is 7.95. The Morgan fingerprint density at radius 2 is 1.53 bits per heavy atom. The molecule has 0 saturated carbocycles. The van der Waals surface area contributed by atoms with Gasteiger partial charge in [0, 0.05) is 15.8 Å². The van der Waals surface area contributed by atoms with Gasteiger partial charge in [0.1, 0.15) is 12.4 Å². The first-order valence-electron chi connectivity index (χ1n) is 11.0. The summed E-state index contributed by atoms with van der Waals surface area (Å²) in [6.45, 7) is 0.567. The van der Waals surface area contributed by atoms with Crippen molar-refractivity contribution in [2.24, 2.45) is 0 Å². The van der Waals surface area contributed by atoms with E-state index in [-0.39, 0.29) is 6.54 Å². The Balaban J connectivity index is 1.52. The van der Waals surface area contributed by atoms with E-state index in [9.17, 15) is 18.0 Å². The first kappa shape index (κ1) is 25.3. The third kappa shape index (κ3) is 6.88. The van der Waals surface area contributed by atoms with Gasteiger partial charge < -0.3 is 10.1 Å². The Hall–Kier alpha value is -3.78. The highest BCUT2D eigenvalue weighted by molar-refractivity contribution is 9.10. The van der Waals surface area contributed by atoms with Gasteiger partial charge in [-0.2, -0.15) is 13.2 Å². The third-order valence-electron chi connectivity index (χ3n) is 5.34. The number of anilines is 2. The van der Waals surface area contributed by atoms with E-state index in [4.69, 9.17) is 4.74 Å². The smallest absolute Gasteiger partial charge is 0.416 e. The van der Waals surface area contributed by atoms with Gasteiger partial charge in [0.15, 0.2) is 0 Å². The van der Waals surface area contributed by atoms with Crippen molar-refractivity contribution in [2.75, 3.05) is 10.2 Å². The van der Waals surface area contributed by atoms with Crippen molar-refractivity contribution in [2.45, 2.75) is 19.3 Å². The summed E-state index contributed by atoms with van der Waals surface area (Å²) in [6.07, 6.45) is -4.46. The summed E-state index contributed by atoms with van der Waals surface area (Å²) in [5.41, 5.74) is 1.93. The molecule has 0 fully saturated rings. The number of benzene rings is 4. The van der Waals surface area contributed by atoms with Crippen molar-refractivity contribution in [3.63, 3.8) is 0 Å². The van der Waals surface area contributed by atoms with E-state index in [1.807, 2.05) is 48.5 Å². The summed E-state index contributed by atoms with van der Waals surface area (Å²) in [6, 6.07) is 28.1. The molecule has 0 saturated heterocycles. The van der Waals surface area contributed by atoms with Crippen LogP contribution >= 0.6 is 15.9 Å². The van der Waals surface area contributed by atoms with Crippen LogP contribution in [0.1, 0.15) is 16.7 Å². The van der Waals surface area contributed by atoms with Gasteiger partial charge in [-0.05, 0) is 65.7 Å². The van der Waals surface area contributed by atoms with E-state index in [0.717, 1.165) is 27.7 Å². The second-order valence-electron chi connectivity index (χ2n) is 7.99. The summed E-state index contributed by atoms with van der Waals surface area (Å²) < 4.78 is 45.8. The molecule has 4 aromatic rings. The highest BCUT2D eigenvalue weighted by atomic mass is 79.9. The van der Waals surface area contributed by atoms with Crippen LogP contribution in [0, 0.1) is 0 Å². The number of urea groups is 1. The van der Waals surface area contributed by atoms with Crippen molar-refractivity contribution < 1.29 is 22.7 Å². The maximum atomic E-state index is 13.2. The molecule has 4 rings (SSSR count). The number of nitrogens with one attached hydrogen (secondary N) is 1. The van der Waals surface area contributed by atoms with Gasteiger partial charge in [0.2, 0.25) is 0 Å². The van der Waals surface area contributed by atoms with E-state index < -0.39 is 17.8 Å². The number of carbonyl (C=O) groups is 1. The second-order valence-corrected chi connectivity index (χ2v) is 8.91. The lowest BCUT2D eigenvalue weighted by Crippen LogP contribution is -2.34. The zero-order chi connectivity index (χ0) is 25.5. The maximum Gasteiger partial charge on any atom is 0.416 e. The number of alkyl halides is 3. The fraction of sp³-hybridized carbons (Fsp3) is 0.107. The molecule has 0 aliphatic rings. The normalized spacial score (nSPS) is 11.1. The summed E-state index contributed by atoms with van der Waals surface area (Å²) in [5, 5.41) is 2.81. The average Bonchev–Trinajstić information content (AvgIpc) is 2.87. The summed E-state index contributed by atoms with van der Waals surface area (Å²) in [7, 11) is 0. The number of amides is 2. The standard InChI is InChI=1S/C28H22BrF3N2O2/c29-23-7-4-8-24(17-23)33-27(35)34(25-13-11-22(12-14-25)28(30,31)32)18-20-9-15-26(16-10-20)36-19-21-5-2-1-3-6-21/h1-17H,18-19H2,(H,33,35). The van der Waals surface area contributed by atoms with Gasteiger partial charge >= 0.3 is 12.2 Å². The molecular weight excluding hydrogens is 533 g/mol. The molecule has 36 heavy (non-hydrogen) atoms. The Morgan fingerprint density at radius 3 is 2.17 bits per heavy atom. The highest BCUT2D eigenvalue weighted by Crippen LogP contribution is 2.31. The molecule has 0 aliphatic heterocycles. The Bertz CT molecular complexity index is 1300. The van der Waals surface area contributed by atoms with E-state index >= 15 is 0 Å². The molecule has 0 spiro atoms. The summed E-state index contributed by atoms with van der Waals surface area (Å²) in [5.74, 6) is 0.669. The molecule has 0 heterocycles. The van der Waals surface area contributed by atoms with Gasteiger partial charge in [0.25, 0.3) is 0 Å². The van der Waals surface area contributed by atoms with Crippen molar-refractivity contribution in [1.29, 1.82) is 0 Å². The van der Waals surface area contributed by atoms with Gasteiger partial charge in [-0.1, -0.05) is 64.5 Å². The SMILES string of the molecule is O=C(Nc1cccc(Br)c1)N(Cc1ccc(OCc2ccccc2)cc1)c1ccc(C(F)(F)F)cc1. The van der Waals surface area contributed by atoms with E-state index in [0.29, 0.717) is 23.7 Å². The number of hydrogen-bond donors (Lipinski definition) is 1. The third-order valence-corrected chi connectivity index (χ3v) is 5.83. The van der Waals surface area contributed by atoms with E-state index in [1.54, 1.807) is 30.3 Å². The van der Waals surface area contributed by atoms with Gasteiger partial charge in [-0.15, -0.1) is 0 Å². The maximum absolute atomic E-state index is 13.2. The minimum Gasteiger partial charge on any atom is -0.489 e. The zero-order valence-corrected chi connectivity index (χ0v) is 20.6. The first-order valence-corrected chi connectivity index (χ1v) is 11.8. The first-order chi connectivity index (χ1) is 17.3. The summed E-state index contributed by atoms with van der Waals surface area (Å²) in [4.78, 5) is 14.6. The molecule has 0 atom stereocenters. The molecule has 184 valence electrons. The number of rotatable bonds is 7. The van der Waals surface area contributed by atoms with Gasteiger partial charge in [-0.25, -0.2) is 4.79 Å². The van der Waals surface area contributed by atoms with Crippen molar-refractivity contribution in [3.8, 4) is 5.75 Å². The topological polar surface area (TPSA) is 41.6 Å². The molecule has 4 aromatic carbocycles. The number of halogens is 4. The highest BCUT2D eigenvalue weighted by Gasteiger charge is 2.30. The summed E-state index contributed by atoms with van der Waals surface area (Å²) >= 11 is 3.37. The number of hydrogen-bond acceptors (Lipinski definition) is 2. The van der Waals surface area contributed by atoms with Crippen molar-refractivity contribution in [1.82, 2.24) is 0 Å². The molecule has 0 unspecified atom stereocenters. The molecular formula is C28H22BrF3N2O2. The van der Waals surface area contributed by atoms with Crippen LogP contribution in [-0.4, -0.2) is 6.03 Å². The number of carbonyl (C=O) groups excluding carboxylic acids is 1. The molecule has 4 nitrogen and oxygen atoms in total. The fourth-order valence-electron chi connectivity index (χ4n) is 3.48. The van der Waals surface area contributed by atoms with Crippen molar-refractivity contribution in [3.05, 3.63) is 124 Å². The molecule has 2 amide bonds. The van der Waals surface area contributed by atoms with Gasteiger partial charge in [-0.3, -0.25) is 4.90 Å². The predicted molar refractivity (Wildman–Crippen MR) is 138 cm³/mol. The van der Waals surface area contributed by atoms with E-state index in [2.05, 4.69) is 21.2 Å². The van der Waals surface area contributed by atoms with Crippen LogP contribution in [0.4, 0.5) is 29.3 Å². The Morgan fingerprint density at radius 1 is 0.833 bits per heavy atom. The second kappa shape index (κ2) is 11.3. The number of nitrogens with zero attached hydrogens (tertiary/aromatic N) is 1. The molecule has 0 aliphatic carbocycles. The van der Waals surface area contributed by atoms with Crippen LogP contribution in [0.2, 0.25) is 0 Å². The largest absolute Gasteiger partial charge is 0.489 e. The van der Waals surface area contributed by atoms with Gasteiger partial charge in [0.05, 0.1) is 12.1 Å². The quantitative estimate of drug-likeness (QED) is 0.249. The minimum atomic E-state index is -4.46. The zero-order valence-electron chi connectivity index (χ0n) is 19.0.